The highest BCUT2D eigenvalue weighted by atomic mass is 32.2. The molecule has 0 N–H and O–H groups in total. The summed E-state index contributed by atoms with van der Waals surface area (Å²) in [6, 6.07) is 1.45. The smallest absolute Gasteiger partial charge is 0.287 e. The van der Waals surface area contributed by atoms with Crippen LogP contribution >= 0.6 is 0 Å². The van der Waals surface area contributed by atoms with E-state index in [4.69, 9.17) is 0 Å². The minimum Gasteiger partial charge on any atom is -0.354 e. The van der Waals surface area contributed by atoms with Gasteiger partial charge in [0, 0.05) is 19.2 Å². The lowest BCUT2D eigenvalue weighted by molar-refractivity contribution is -0.385. The third kappa shape index (κ3) is 2.58. The standard InChI is InChI=1S/C10H13N3O4S/c1-8-6-9(13(14)15)7-11-10(8)12-2-4-18(16,17)5-3-12/h6-7H,2-5H2,1H3. The highest BCUT2D eigenvalue weighted by molar-refractivity contribution is 7.91. The largest absolute Gasteiger partial charge is 0.354 e. The van der Waals surface area contributed by atoms with E-state index in [1.165, 1.54) is 12.3 Å². The zero-order chi connectivity index (χ0) is 13.3. The van der Waals surface area contributed by atoms with Gasteiger partial charge in [-0.1, -0.05) is 0 Å². The first-order valence-electron chi connectivity index (χ1n) is 5.45. The average molecular weight is 271 g/mol. The molecule has 2 rings (SSSR count). The molecule has 7 nitrogen and oxygen atoms in total. The van der Waals surface area contributed by atoms with Crippen molar-refractivity contribution in [1.82, 2.24) is 4.98 Å². The van der Waals surface area contributed by atoms with E-state index < -0.39 is 14.8 Å². The maximum atomic E-state index is 11.3. The molecule has 0 spiro atoms. The molecule has 1 aliphatic rings. The normalized spacial score (nSPS) is 18.6. The van der Waals surface area contributed by atoms with Crippen molar-refractivity contribution in [1.29, 1.82) is 0 Å². The van der Waals surface area contributed by atoms with Crippen molar-refractivity contribution < 1.29 is 13.3 Å². The van der Waals surface area contributed by atoms with Gasteiger partial charge in [-0.3, -0.25) is 10.1 Å². The second-order valence-corrected chi connectivity index (χ2v) is 6.53. The Kier molecular flexibility index (Phi) is 3.20. The van der Waals surface area contributed by atoms with Gasteiger partial charge in [-0.25, -0.2) is 13.4 Å². The Balaban J connectivity index is 2.22. The molecule has 1 aliphatic heterocycles. The first-order valence-corrected chi connectivity index (χ1v) is 7.27. The average Bonchev–Trinajstić information content (AvgIpc) is 2.29. The Labute approximate surface area is 105 Å². The van der Waals surface area contributed by atoms with Gasteiger partial charge in [-0.2, -0.15) is 0 Å². The van der Waals surface area contributed by atoms with Crippen molar-refractivity contribution in [2.45, 2.75) is 6.92 Å². The lowest BCUT2D eigenvalue weighted by Gasteiger charge is -2.28. The van der Waals surface area contributed by atoms with Crippen molar-refractivity contribution >= 4 is 21.3 Å². The molecule has 0 atom stereocenters. The lowest BCUT2D eigenvalue weighted by Crippen LogP contribution is -2.41. The van der Waals surface area contributed by atoms with E-state index in [1.54, 1.807) is 6.92 Å². The molecule has 18 heavy (non-hydrogen) atoms. The van der Waals surface area contributed by atoms with Crippen molar-refractivity contribution in [2.24, 2.45) is 0 Å². The van der Waals surface area contributed by atoms with E-state index in [1.807, 2.05) is 4.90 Å². The summed E-state index contributed by atoms with van der Waals surface area (Å²) in [6.07, 6.45) is 1.20. The van der Waals surface area contributed by atoms with Crippen LogP contribution in [-0.2, 0) is 9.84 Å². The van der Waals surface area contributed by atoms with Gasteiger partial charge in [0.15, 0.2) is 9.84 Å². The second kappa shape index (κ2) is 4.52. The Morgan fingerprint density at radius 1 is 1.39 bits per heavy atom. The Morgan fingerprint density at radius 3 is 2.50 bits per heavy atom. The number of nitrogens with zero attached hydrogens (tertiary/aromatic N) is 3. The number of rotatable bonds is 2. The molecular weight excluding hydrogens is 258 g/mol. The second-order valence-electron chi connectivity index (χ2n) is 4.23. The maximum Gasteiger partial charge on any atom is 0.287 e. The molecule has 1 aromatic heterocycles. The van der Waals surface area contributed by atoms with Crippen LogP contribution in [0.3, 0.4) is 0 Å². The molecule has 0 aromatic carbocycles. The summed E-state index contributed by atoms with van der Waals surface area (Å²) in [6.45, 7) is 2.50. The fourth-order valence-corrected chi connectivity index (χ4v) is 3.11. The molecule has 98 valence electrons. The van der Waals surface area contributed by atoms with Crippen LogP contribution in [0.5, 0.6) is 0 Å². The molecule has 0 amide bonds. The summed E-state index contributed by atoms with van der Waals surface area (Å²) in [4.78, 5) is 16.0. The third-order valence-electron chi connectivity index (χ3n) is 2.89. The minimum absolute atomic E-state index is 0.0547. The molecule has 8 heteroatoms. The summed E-state index contributed by atoms with van der Waals surface area (Å²) in [5, 5.41) is 10.6. The molecule has 2 heterocycles. The van der Waals surface area contributed by atoms with Crippen LogP contribution < -0.4 is 4.90 Å². The Bertz CT molecular complexity index is 571. The van der Waals surface area contributed by atoms with Gasteiger partial charge in [-0.05, 0) is 12.5 Å². The summed E-state index contributed by atoms with van der Waals surface area (Å²) < 4.78 is 22.6. The number of hydrogen-bond acceptors (Lipinski definition) is 6. The van der Waals surface area contributed by atoms with Crippen LogP contribution in [0.2, 0.25) is 0 Å². The summed E-state index contributed by atoms with van der Waals surface area (Å²) in [5.41, 5.74) is 0.629. The molecule has 0 saturated carbocycles. The van der Waals surface area contributed by atoms with Gasteiger partial charge in [0.05, 0.1) is 16.4 Å². The van der Waals surface area contributed by atoms with E-state index >= 15 is 0 Å². The van der Waals surface area contributed by atoms with E-state index in [0.717, 1.165) is 0 Å². The maximum absolute atomic E-state index is 11.3. The number of sulfone groups is 1. The molecule has 0 aliphatic carbocycles. The van der Waals surface area contributed by atoms with E-state index in [9.17, 15) is 18.5 Å². The summed E-state index contributed by atoms with van der Waals surface area (Å²) in [5.74, 6) is 0.825. The number of aromatic nitrogens is 1. The SMILES string of the molecule is Cc1cc([N+](=O)[O-])cnc1N1CCS(=O)(=O)CC1. The molecular formula is C10H13N3O4S. The number of anilines is 1. The van der Waals surface area contributed by atoms with Gasteiger partial charge < -0.3 is 4.90 Å². The van der Waals surface area contributed by atoms with Crippen molar-refractivity contribution in [3.63, 3.8) is 0 Å². The monoisotopic (exact) mass is 271 g/mol. The van der Waals surface area contributed by atoms with Crippen LogP contribution in [0.25, 0.3) is 0 Å². The van der Waals surface area contributed by atoms with Crippen molar-refractivity contribution in [3.8, 4) is 0 Å². The molecule has 1 aromatic rings. The van der Waals surface area contributed by atoms with Gasteiger partial charge in [0.25, 0.3) is 5.69 Å². The Morgan fingerprint density at radius 2 is 2.00 bits per heavy atom. The minimum atomic E-state index is -2.94. The number of pyridine rings is 1. The molecule has 1 saturated heterocycles. The van der Waals surface area contributed by atoms with Crippen LogP contribution in [0.1, 0.15) is 5.56 Å². The van der Waals surface area contributed by atoms with Gasteiger partial charge in [0.2, 0.25) is 0 Å². The van der Waals surface area contributed by atoms with Crippen LogP contribution in [0, 0.1) is 17.0 Å². The topological polar surface area (TPSA) is 93.4 Å². The van der Waals surface area contributed by atoms with E-state index in [-0.39, 0.29) is 17.2 Å². The third-order valence-corrected chi connectivity index (χ3v) is 4.50. The van der Waals surface area contributed by atoms with Crippen LogP contribution in [0.15, 0.2) is 12.3 Å². The van der Waals surface area contributed by atoms with E-state index in [2.05, 4.69) is 4.98 Å². The highest BCUT2D eigenvalue weighted by Gasteiger charge is 2.24. The fraction of sp³-hybridized carbons (Fsp3) is 0.500. The van der Waals surface area contributed by atoms with E-state index in [0.29, 0.717) is 24.5 Å². The van der Waals surface area contributed by atoms with Gasteiger partial charge >= 0.3 is 0 Å². The lowest BCUT2D eigenvalue weighted by atomic mass is 10.2. The van der Waals surface area contributed by atoms with Gasteiger partial charge in [-0.15, -0.1) is 0 Å². The Hall–Kier alpha value is -1.70. The molecule has 0 radical (unpaired) electrons. The quantitative estimate of drug-likeness (QED) is 0.575. The van der Waals surface area contributed by atoms with Gasteiger partial charge in [0.1, 0.15) is 12.0 Å². The van der Waals surface area contributed by atoms with Crippen molar-refractivity contribution in [2.75, 3.05) is 29.5 Å². The summed E-state index contributed by atoms with van der Waals surface area (Å²) in [7, 11) is -2.94. The summed E-state index contributed by atoms with van der Waals surface area (Å²) >= 11 is 0. The molecule has 0 unspecified atom stereocenters. The molecule has 0 bridgehead atoms. The first kappa shape index (κ1) is 12.7. The predicted molar refractivity (Wildman–Crippen MR) is 66.5 cm³/mol. The highest BCUT2D eigenvalue weighted by Crippen LogP contribution is 2.22. The zero-order valence-electron chi connectivity index (χ0n) is 9.87. The zero-order valence-corrected chi connectivity index (χ0v) is 10.7. The number of nitro groups is 1. The van der Waals surface area contributed by atoms with Crippen molar-refractivity contribution in [3.05, 3.63) is 27.9 Å². The first-order chi connectivity index (χ1) is 8.39. The van der Waals surface area contributed by atoms with Crippen LogP contribution in [0.4, 0.5) is 11.5 Å². The molecule has 1 fully saturated rings. The number of hydrogen-bond donors (Lipinski definition) is 0. The predicted octanol–water partition coefficient (Wildman–Crippen LogP) is 0.533. The number of aryl methyl sites for hydroxylation is 1. The van der Waals surface area contributed by atoms with Crippen LogP contribution in [-0.4, -0.2) is 42.9 Å². The fourth-order valence-electron chi connectivity index (χ4n) is 1.91.